The largest absolute Gasteiger partial charge is 0.344 e. The lowest BCUT2D eigenvalue weighted by Crippen LogP contribution is -2.29. The fourth-order valence-corrected chi connectivity index (χ4v) is 2.46. The van der Waals surface area contributed by atoms with Crippen LogP contribution in [0, 0.1) is 17.6 Å². The van der Waals surface area contributed by atoms with Crippen molar-refractivity contribution in [2.24, 2.45) is 13.0 Å². The van der Waals surface area contributed by atoms with E-state index in [1.165, 1.54) is 16.8 Å². The highest BCUT2D eigenvalue weighted by Gasteiger charge is 2.18. The molecule has 0 fully saturated rings. The summed E-state index contributed by atoms with van der Waals surface area (Å²) in [7, 11) is 1.70. The molecule has 0 bridgehead atoms. The topological polar surface area (TPSA) is 46.9 Å². The summed E-state index contributed by atoms with van der Waals surface area (Å²) >= 11 is 0. The first kappa shape index (κ1) is 17.1. The summed E-state index contributed by atoms with van der Waals surface area (Å²) in [6, 6.07) is 4.48. The minimum atomic E-state index is -0.677. The fourth-order valence-electron chi connectivity index (χ4n) is 2.46. The molecule has 0 saturated carbocycles. The number of carbonyl (C=O) groups is 1. The third-order valence-electron chi connectivity index (χ3n) is 3.56. The Bertz CT molecular complexity index is 710. The Morgan fingerprint density at radius 2 is 1.96 bits per heavy atom. The zero-order valence-corrected chi connectivity index (χ0v) is 13.7. The van der Waals surface area contributed by atoms with Crippen molar-refractivity contribution in [3.05, 3.63) is 52.9 Å². The van der Waals surface area contributed by atoms with Gasteiger partial charge < -0.3 is 5.32 Å². The van der Waals surface area contributed by atoms with Gasteiger partial charge in [0.05, 0.1) is 11.7 Å². The summed E-state index contributed by atoms with van der Waals surface area (Å²) in [5, 5.41) is 7.03. The Hall–Kier alpha value is -2.24. The van der Waals surface area contributed by atoms with Crippen molar-refractivity contribution in [1.82, 2.24) is 15.1 Å². The minimum Gasteiger partial charge on any atom is -0.344 e. The van der Waals surface area contributed by atoms with Crippen molar-refractivity contribution in [1.29, 1.82) is 0 Å². The summed E-state index contributed by atoms with van der Waals surface area (Å²) in [5.74, 6) is -1.22. The maximum Gasteiger partial charge on any atom is 0.270 e. The summed E-state index contributed by atoms with van der Waals surface area (Å²) < 4.78 is 28.2. The van der Waals surface area contributed by atoms with Crippen LogP contribution >= 0.6 is 0 Å². The molecule has 2 aromatic rings. The number of rotatable bonds is 5. The van der Waals surface area contributed by atoms with Gasteiger partial charge in [0.25, 0.3) is 5.91 Å². The molecule has 1 aromatic carbocycles. The van der Waals surface area contributed by atoms with Crippen molar-refractivity contribution < 1.29 is 13.6 Å². The highest BCUT2D eigenvalue weighted by Crippen LogP contribution is 2.18. The number of nitrogens with one attached hydrogen (secondary N) is 1. The van der Waals surface area contributed by atoms with Gasteiger partial charge >= 0.3 is 0 Å². The highest BCUT2D eigenvalue weighted by atomic mass is 19.1. The number of benzene rings is 1. The van der Waals surface area contributed by atoms with Crippen molar-refractivity contribution in [3.8, 4) is 0 Å². The molecule has 0 unspecified atom stereocenters. The van der Waals surface area contributed by atoms with E-state index in [1.54, 1.807) is 20.0 Å². The Kier molecular flexibility index (Phi) is 5.13. The van der Waals surface area contributed by atoms with Gasteiger partial charge in [-0.2, -0.15) is 5.10 Å². The molecule has 0 aliphatic rings. The van der Waals surface area contributed by atoms with E-state index < -0.39 is 17.7 Å². The van der Waals surface area contributed by atoms with Crippen LogP contribution in [-0.4, -0.2) is 15.7 Å². The molecule has 23 heavy (non-hydrogen) atoms. The molecule has 1 atom stereocenters. The zero-order chi connectivity index (χ0) is 17.1. The van der Waals surface area contributed by atoms with Gasteiger partial charge in [0.15, 0.2) is 0 Å². The number of halogens is 2. The Morgan fingerprint density at radius 3 is 2.57 bits per heavy atom. The molecule has 0 aliphatic heterocycles. The molecule has 2 rings (SSSR count). The predicted molar refractivity (Wildman–Crippen MR) is 84.0 cm³/mol. The van der Waals surface area contributed by atoms with E-state index in [9.17, 15) is 13.6 Å². The zero-order valence-electron chi connectivity index (χ0n) is 13.7. The van der Waals surface area contributed by atoms with Gasteiger partial charge in [-0.15, -0.1) is 0 Å². The Labute approximate surface area is 134 Å². The first-order valence-corrected chi connectivity index (χ1v) is 7.56. The second-order valence-corrected chi connectivity index (χ2v) is 6.10. The standard InChI is InChI=1S/C17H21F2N3O/c1-10(2)7-13-9-16(22(4)21-13)17(23)20-11(3)14-6-5-12(18)8-15(14)19/h5-6,8-11H,7H2,1-4H3,(H,20,23)/t11-/m0/s1. The van der Waals surface area contributed by atoms with E-state index in [4.69, 9.17) is 0 Å². The van der Waals surface area contributed by atoms with E-state index in [2.05, 4.69) is 24.3 Å². The Balaban J connectivity index is 2.13. The number of hydrogen-bond donors (Lipinski definition) is 1. The van der Waals surface area contributed by atoms with Gasteiger partial charge in [0.2, 0.25) is 0 Å². The SMILES string of the molecule is CC(C)Cc1cc(C(=O)N[C@@H](C)c2ccc(F)cc2F)n(C)n1. The molecule has 0 spiro atoms. The lowest BCUT2D eigenvalue weighted by molar-refractivity contribution is 0.0930. The highest BCUT2D eigenvalue weighted by molar-refractivity contribution is 5.92. The third-order valence-corrected chi connectivity index (χ3v) is 3.56. The monoisotopic (exact) mass is 321 g/mol. The molecule has 4 nitrogen and oxygen atoms in total. The quantitative estimate of drug-likeness (QED) is 0.917. The normalized spacial score (nSPS) is 12.5. The maximum absolute atomic E-state index is 13.8. The van der Waals surface area contributed by atoms with Gasteiger partial charge in [-0.1, -0.05) is 19.9 Å². The second kappa shape index (κ2) is 6.89. The predicted octanol–water partition coefficient (Wildman–Crippen LogP) is 3.39. The second-order valence-electron chi connectivity index (χ2n) is 6.10. The molecular formula is C17H21F2N3O. The number of aromatic nitrogens is 2. The van der Waals surface area contributed by atoms with Crippen molar-refractivity contribution >= 4 is 5.91 Å². The van der Waals surface area contributed by atoms with Crippen LogP contribution in [0.4, 0.5) is 8.78 Å². The third kappa shape index (κ3) is 4.15. The van der Waals surface area contributed by atoms with Gasteiger partial charge in [-0.3, -0.25) is 9.48 Å². The van der Waals surface area contributed by atoms with Crippen molar-refractivity contribution in [2.45, 2.75) is 33.2 Å². The van der Waals surface area contributed by atoms with Crippen LogP contribution in [0.5, 0.6) is 0 Å². The molecule has 1 N–H and O–H groups in total. The van der Waals surface area contributed by atoms with Gasteiger partial charge in [-0.05, 0) is 31.4 Å². The molecule has 6 heteroatoms. The molecule has 1 amide bonds. The van der Waals surface area contributed by atoms with E-state index in [-0.39, 0.29) is 11.5 Å². The summed E-state index contributed by atoms with van der Waals surface area (Å²) in [6.45, 7) is 5.81. The van der Waals surface area contributed by atoms with Crippen molar-refractivity contribution in [2.75, 3.05) is 0 Å². The van der Waals surface area contributed by atoms with Gasteiger partial charge in [0.1, 0.15) is 17.3 Å². The molecule has 0 radical (unpaired) electrons. The molecule has 1 aromatic heterocycles. The molecule has 0 aliphatic carbocycles. The first-order valence-electron chi connectivity index (χ1n) is 7.56. The van der Waals surface area contributed by atoms with E-state index in [0.717, 1.165) is 18.2 Å². The average molecular weight is 321 g/mol. The molecule has 1 heterocycles. The number of nitrogens with zero attached hydrogens (tertiary/aromatic N) is 2. The summed E-state index contributed by atoms with van der Waals surface area (Å²) in [4.78, 5) is 12.4. The lowest BCUT2D eigenvalue weighted by atomic mass is 10.1. The minimum absolute atomic E-state index is 0.240. The van der Waals surface area contributed by atoms with E-state index >= 15 is 0 Å². The van der Waals surface area contributed by atoms with Crippen LogP contribution < -0.4 is 5.32 Å². The van der Waals surface area contributed by atoms with Crippen molar-refractivity contribution in [3.63, 3.8) is 0 Å². The number of aryl methyl sites for hydroxylation is 1. The van der Waals surface area contributed by atoms with Crippen LogP contribution in [0.3, 0.4) is 0 Å². The van der Waals surface area contributed by atoms with Crippen LogP contribution in [0.15, 0.2) is 24.3 Å². The number of hydrogen-bond acceptors (Lipinski definition) is 2. The summed E-state index contributed by atoms with van der Waals surface area (Å²) in [5.41, 5.74) is 1.49. The van der Waals surface area contributed by atoms with E-state index in [1.807, 2.05) is 0 Å². The molecular weight excluding hydrogens is 300 g/mol. The smallest absolute Gasteiger partial charge is 0.270 e. The lowest BCUT2D eigenvalue weighted by Gasteiger charge is -2.15. The molecule has 124 valence electrons. The number of amides is 1. The van der Waals surface area contributed by atoms with Crippen LogP contribution in [0.1, 0.15) is 48.6 Å². The maximum atomic E-state index is 13.8. The van der Waals surface area contributed by atoms with E-state index in [0.29, 0.717) is 11.6 Å². The fraction of sp³-hybridized carbons (Fsp3) is 0.412. The summed E-state index contributed by atoms with van der Waals surface area (Å²) in [6.07, 6.45) is 0.781. The number of carbonyl (C=O) groups excluding carboxylic acids is 1. The van der Waals surface area contributed by atoms with Gasteiger partial charge in [-0.25, -0.2) is 8.78 Å². The first-order chi connectivity index (χ1) is 10.8. The Morgan fingerprint density at radius 1 is 1.26 bits per heavy atom. The van der Waals surface area contributed by atoms with Crippen LogP contribution in [0.25, 0.3) is 0 Å². The molecule has 0 saturated heterocycles. The van der Waals surface area contributed by atoms with Crippen LogP contribution in [-0.2, 0) is 13.5 Å². The van der Waals surface area contributed by atoms with Gasteiger partial charge in [0, 0.05) is 18.7 Å². The average Bonchev–Trinajstić information content (AvgIpc) is 2.78. The van der Waals surface area contributed by atoms with Crippen LogP contribution in [0.2, 0.25) is 0 Å².